The Bertz CT molecular complexity index is 970. The molecule has 150 valence electrons. The lowest BCUT2D eigenvalue weighted by molar-refractivity contribution is -0.123. The maximum absolute atomic E-state index is 12.4. The highest BCUT2D eigenvalue weighted by Crippen LogP contribution is 2.23. The molecule has 1 amide bonds. The molecular weight excluding hydrogens is 412 g/mol. The number of carbonyl (C=O) groups is 2. The molecule has 0 aliphatic carbocycles. The first-order chi connectivity index (χ1) is 13.2. The predicted molar refractivity (Wildman–Crippen MR) is 98.9 cm³/mol. The Kier molecular flexibility index (Phi) is 7.02. The van der Waals surface area contributed by atoms with E-state index in [1.807, 2.05) is 0 Å². The molecule has 1 heterocycles. The predicted octanol–water partition coefficient (Wildman–Crippen LogP) is 1.50. The van der Waals surface area contributed by atoms with Gasteiger partial charge in [-0.05, 0) is 31.2 Å². The Morgan fingerprint density at radius 3 is 2.50 bits per heavy atom. The molecule has 1 atom stereocenters. The molecule has 12 heteroatoms. The number of amides is 1. The number of anilines is 1. The van der Waals surface area contributed by atoms with Crippen LogP contribution in [0.5, 0.6) is 0 Å². The maximum Gasteiger partial charge on any atom is 0.340 e. The minimum atomic E-state index is -4.00. The van der Waals surface area contributed by atoms with E-state index in [-0.39, 0.29) is 21.4 Å². The van der Waals surface area contributed by atoms with Gasteiger partial charge in [0.15, 0.2) is 6.10 Å². The summed E-state index contributed by atoms with van der Waals surface area (Å²) in [5.41, 5.74) is -0.220. The molecule has 1 unspecified atom stereocenters. The Hall–Kier alpha value is -2.60. The molecule has 1 aromatic heterocycles. The largest absolute Gasteiger partial charge is 0.449 e. The molecule has 0 radical (unpaired) electrons. The molecule has 2 aromatic rings. The van der Waals surface area contributed by atoms with E-state index in [1.54, 1.807) is 6.07 Å². The van der Waals surface area contributed by atoms with E-state index in [0.29, 0.717) is 4.47 Å². The Morgan fingerprint density at radius 2 is 1.89 bits per heavy atom. The standard InChI is InChI=1S/C16H17ClN4O6S/c1-10(14(22)20-16-18-7-4-8-19-16)27-15(23)12-9-11(5-6-13(12)17)28(24,25)21(2)26-3/h4-10H,1-3H3,(H,18,19,20,22). The Labute approximate surface area is 166 Å². The smallest absolute Gasteiger partial charge is 0.340 e. The van der Waals surface area contributed by atoms with Crippen molar-refractivity contribution in [1.29, 1.82) is 0 Å². The highest BCUT2D eigenvalue weighted by molar-refractivity contribution is 7.89. The molecule has 0 saturated heterocycles. The van der Waals surface area contributed by atoms with E-state index in [4.69, 9.17) is 16.3 Å². The number of hydroxylamine groups is 1. The van der Waals surface area contributed by atoms with E-state index in [9.17, 15) is 18.0 Å². The van der Waals surface area contributed by atoms with Crippen molar-refractivity contribution < 1.29 is 27.6 Å². The fourth-order valence-electron chi connectivity index (χ4n) is 1.92. The number of halogens is 1. The van der Waals surface area contributed by atoms with Gasteiger partial charge in [0.25, 0.3) is 15.9 Å². The zero-order valence-electron chi connectivity index (χ0n) is 15.1. The lowest BCUT2D eigenvalue weighted by Crippen LogP contribution is -2.31. The number of rotatable bonds is 7. The second-order valence-corrected chi connectivity index (χ2v) is 7.69. The fourth-order valence-corrected chi connectivity index (χ4v) is 3.12. The second-order valence-electron chi connectivity index (χ2n) is 5.35. The van der Waals surface area contributed by atoms with Crippen molar-refractivity contribution in [3.05, 3.63) is 47.2 Å². The van der Waals surface area contributed by atoms with Crippen LogP contribution in [0, 0.1) is 0 Å². The molecule has 0 aliphatic rings. The van der Waals surface area contributed by atoms with Gasteiger partial charge >= 0.3 is 5.97 Å². The molecule has 0 aliphatic heterocycles. The van der Waals surface area contributed by atoms with Gasteiger partial charge in [-0.3, -0.25) is 14.9 Å². The number of hydrogen-bond acceptors (Lipinski definition) is 8. The van der Waals surface area contributed by atoms with Crippen LogP contribution in [0.2, 0.25) is 5.02 Å². The summed E-state index contributed by atoms with van der Waals surface area (Å²) in [5, 5.41) is 2.34. The number of carbonyl (C=O) groups excluding carboxylic acids is 2. The zero-order chi connectivity index (χ0) is 20.9. The van der Waals surface area contributed by atoms with Gasteiger partial charge in [0.1, 0.15) is 0 Å². The van der Waals surface area contributed by atoms with Gasteiger partial charge in [0.05, 0.1) is 22.6 Å². The summed E-state index contributed by atoms with van der Waals surface area (Å²) in [6.07, 6.45) is 1.65. The van der Waals surface area contributed by atoms with Crippen LogP contribution in [0.4, 0.5) is 5.95 Å². The molecule has 1 N–H and O–H groups in total. The number of benzene rings is 1. The number of sulfonamides is 1. The zero-order valence-corrected chi connectivity index (χ0v) is 16.7. The molecule has 0 spiro atoms. The summed E-state index contributed by atoms with van der Waals surface area (Å²) in [4.78, 5) is 36.6. The van der Waals surface area contributed by atoms with Gasteiger partial charge in [0, 0.05) is 19.4 Å². The number of nitrogens with one attached hydrogen (secondary N) is 1. The van der Waals surface area contributed by atoms with Crippen LogP contribution in [-0.2, 0) is 24.4 Å². The highest BCUT2D eigenvalue weighted by atomic mass is 35.5. The average molecular weight is 429 g/mol. The number of aromatic nitrogens is 2. The monoisotopic (exact) mass is 428 g/mol. The molecule has 0 saturated carbocycles. The van der Waals surface area contributed by atoms with Crippen molar-refractivity contribution in [2.75, 3.05) is 19.5 Å². The Balaban J connectivity index is 2.17. The number of ether oxygens (including phenoxy) is 1. The molecule has 1 aromatic carbocycles. The lowest BCUT2D eigenvalue weighted by atomic mass is 10.2. The van der Waals surface area contributed by atoms with Crippen molar-refractivity contribution >= 4 is 39.4 Å². The van der Waals surface area contributed by atoms with Gasteiger partial charge < -0.3 is 4.74 Å². The third-order valence-electron chi connectivity index (χ3n) is 3.51. The van der Waals surface area contributed by atoms with Gasteiger partial charge in [-0.25, -0.2) is 23.2 Å². The van der Waals surface area contributed by atoms with Crippen LogP contribution in [0.3, 0.4) is 0 Å². The van der Waals surface area contributed by atoms with Gasteiger partial charge in [0.2, 0.25) is 5.95 Å². The van der Waals surface area contributed by atoms with E-state index in [1.165, 1.54) is 45.6 Å². The van der Waals surface area contributed by atoms with Crippen LogP contribution in [-0.4, -0.2) is 55.0 Å². The minimum absolute atomic E-state index is 0.0389. The fraction of sp³-hybridized carbons (Fsp3) is 0.250. The first-order valence-electron chi connectivity index (χ1n) is 7.78. The summed E-state index contributed by atoms with van der Waals surface area (Å²) in [7, 11) is -1.62. The SMILES string of the molecule is CON(C)S(=O)(=O)c1ccc(Cl)c(C(=O)OC(C)C(=O)Nc2ncccn2)c1. The van der Waals surface area contributed by atoms with E-state index < -0.39 is 28.0 Å². The van der Waals surface area contributed by atoms with E-state index in [0.717, 1.165) is 6.07 Å². The molecule has 10 nitrogen and oxygen atoms in total. The van der Waals surface area contributed by atoms with Crippen LogP contribution in [0.1, 0.15) is 17.3 Å². The Morgan fingerprint density at radius 1 is 1.25 bits per heavy atom. The van der Waals surface area contributed by atoms with E-state index in [2.05, 4.69) is 20.1 Å². The van der Waals surface area contributed by atoms with Crippen molar-refractivity contribution in [2.45, 2.75) is 17.9 Å². The van der Waals surface area contributed by atoms with Gasteiger partial charge in [-0.1, -0.05) is 16.1 Å². The number of nitrogens with zero attached hydrogens (tertiary/aromatic N) is 3. The van der Waals surface area contributed by atoms with Crippen LogP contribution in [0.25, 0.3) is 0 Å². The van der Waals surface area contributed by atoms with Crippen LogP contribution < -0.4 is 5.32 Å². The van der Waals surface area contributed by atoms with Gasteiger partial charge in [-0.2, -0.15) is 0 Å². The minimum Gasteiger partial charge on any atom is -0.449 e. The third kappa shape index (κ3) is 5.01. The molecule has 2 rings (SSSR count). The summed E-state index contributed by atoms with van der Waals surface area (Å²) < 4.78 is 30.3. The van der Waals surface area contributed by atoms with Crippen molar-refractivity contribution in [1.82, 2.24) is 14.4 Å². The highest BCUT2D eigenvalue weighted by Gasteiger charge is 2.26. The maximum atomic E-state index is 12.4. The topological polar surface area (TPSA) is 128 Å². The quantitative estimate of drug-likeness (QED) is 0.519. The second kappa shape index (κ2) is 9.06. The van der Waals surface area contributed by atoms with Crippen LogP contribution >= 0.6 is 11.6 Å². The first-order valence-corrected chi connectivity index (χ1v) is 9.60. The normalized spacial score (nSPS) is 12.5. The lowest BCUT2D eigenvalue weighted by Gasteiger charge is -2.16. The van der Waals surface area contributed by atoms with Gasteiger partial charge in [-0.15, -0.1) is 0 Å². The van der Waals surface area contributed by atoms with Crippen molar-refractivity contribution in [2.24, 2.45) is 0 Å². The van der Waals surface area contributed by atoms with Crippen LogP contribution in [0.15, 0.2) is 41.6 Å². The van der Waals surface area contributed by atoms with Crippen molar-refractivity contribution in [3.8, 4) is 0 Å². The molecular formula is C16H17ClN4O6S. The molecule has 0 bridgehead atoms. The molecule has 28 heavy (non-hydrogen) atoms. The number of hydrogen-bond donors (Lipinski definition) is 1. The average Bonchev–Trinajstić information content (AvgIpc) is 2.67. The molecule has 0 fully saturated rings. The summed E-state index contributed by atoms with van der Waals surface area (Å²) >= 11 is 5.99. The summed E-state index contributed by atoms with van der Waals surface area (Å²) in [6.45, 7) is 1.34. The van der Waals surface area contributed by atoms with E-state index >= 15 is 0 Å². The summed E-state index contributed by atoms with van der Waals surface area (Å²) in [6, 6.07) is 5.06. The van der Waals surface area contributed by atoms with Crippen molar-refractivity contribution in [3.63, 3.8) is 0 Å². The third-order valence-corrected chi connectivity index (χ3v) is 5.51. The number of esters is 1. The summed E-state index contributed by atoms with van der Waals surface area (Å²) in [5.74, 6) is -1.60. The first kappa shape index (κ1) is 21.7.